The molecule has 1 aliphatic rings. The van der Waals surface area contributed by atoms with Gasteiger partial charge in [0.25, 0.3) is 0 Å². The Labute approximate surface area is 187 Å². The largest absolute Gasteiger partial charge is 0.473 e. The summed E-state index contributed by atoms with van der Waals surface area (Å²) in [5.74, 6) is -3.82. The molecule has 1 heterocycles. The van der Waals surface area contributed by atoms with E-state index in [1.165, 1.54) is 11.1 Å². The summed E-state index contributed by atoms with van der Waals surface area (Å²) in [5.41, 5.74) is 5.52. The lowest BCUT2D eigenvalue weighted by Gasteiger charge is -2.29. The number of carboxylic acids is 2. The summed E-state index contributed by atoms with van der Waals surface area (Å²) in [4.78, 5) is 33.3. The highest BCUT2D eigenvalue weighted by Gasteiger charge is 2.25. The molecule has 0 aliphatic carbocycles. The van der Waals surface area contributed by atoms with Gasteiger partial charge in [-0.25, -0.2) is 14.4 Å². The molecule has 170 valence electrons. The van der Waals surface area contributed by atoms with Crippen molar-refractivity contribution in [3.05, 3.63) is 76.9 Å². The van der Waals surface area contributed by atoms with Gasteiger partial charge in [0.1, 0.15) is 0 Å². The number of ether oxygens (including phenoxy) is 1. The highest BCUT2D eigenvalue weighted by atomic mass is 16.5. The smallest absolute Gasteiger partial charge is 0.414 e. The monoisotopic (exact) mass is 439 g/mol. The Hall–Kier alpha value is -3.45. The van der Waals surface area contributed by atoms with E-state index < -0.39 is 11.9 Å². The van der Waals surface area contributed by atoms with E-state index in [1.54, 1.807) is 0 Å². The molecule has 0 aromatic heterocycles. The zero-order valence-corrected chi connectivity index (χ0v) is 18.4. The number of hydrogen-bond acceptors (Lipinski definition) is 5. The first kappa shape index (κ1) is 24.8. The van der Waals surface area contributed by atoms with Crippen molar-refractivity contribution in [1.82, 2.24) is 4.90 Å². The second-order valence-electron chi connectivity index (χ2n) is 7.42. The van der Waals surface area contributed by atoms with Crippen LogP contribution in [0.15, 0.2) is 60.2 Å². The van der Waals surface area contributed by atoms with Gasteiger partial charge in [-0.15, -0.1) is 0 Å². The molecule has 0 bridgehead atoms. The van der Waals surface area contributed by atoms with Gasteiger partial charge in [0.05, 0.1) is 12.2 Å². The van der Waals surface area contributed by atoms with Crippen molar-refractivity contribution < 1.29 is 29.3 Å². The molecule has 2 N–H and O–H groups in total. The van der Waals surface area contributed by atoms with E-state index in [1.807, 2.05) is 18.2 Å². The first-order chi connectivity index (χ1) is 15.3. The first-order valence-corrected chi connectivity index (χ1v) is 10.5. The number of esters is 1. The molecule has 0 atom stereocenters. The molecule has 1 aliphatic heterocycles. The maximum Gasteiger partial charge on any atom is 0.414 e. The molecule has 7 heteroatoms. The number of benzene rings is 2. The summed E-state index contributed by atoms with van der Waals surface area (Å²) in [5, 5.41) is 14.8. The van der Waals surface area contributed by atoms with Crippen LogP contribution in [0.25, 0.3) is 5.57 Å². The highest BCUT2D eigenvalue weighted by Crippen LogP contribution is 2.28. The Morgan fingerprint density at radius 3 is 2.16 bits per heavy atom. The van der Waals surface area contributed by atoms with Crippen LogP contribution in [0.2, 0.25) is 0 Å². The van der Waals surface area contributed by atoms with Crippen molar-refractivity contribution >= 4 is 23.5 Å². The summed E-state index contributed by atoms with van der Waals surface area (Å²) in [6.45, 7) is 7.23. The molecule has 0 saturated carbocycles. The van der Waals surface area contributed by atoms with Gasteiger partial charge in [0.15, 0.2) is 0 Å². The molecule has 32 heavy (non-hydrogen) atoms. The molecule has 0 fully saturated rings. The van der Waals surface area contributed by atoms with Crippen LogP contribution in [0.4, 0.5) is 0 Å². The van der Waals surface area contributed by atoms with E-state index in [4.69, 9.17) is 24.5 Å². The number of carbonyl (C=O) groups excluding carboxylic acids is 1. The number of carbonyl (C=O) groups is 3. The molecule has 0 saturated heterocycles. The summed E-state index contributed by atoms with van der Waals surface area (Å²) >= 11 is 0. The van der Waals surface area contributed by atoms with Crippen LogP contribution < -0.4 is 0 Å². The first-order valence-electron chi connectivity index (χ1n) is 10.5. The van der Waals surface area contributed by atoms with Crippen LogP contribution in [0.3, 0.4) is 0 Å². The topological polar surface area (TPSA) is 104 Å². The number of rotatable bonds is 6. The van der Waals surface area contributed by atoms with Crippen molar-refractivity contribution in [3.63, 3.8) is 0 Å². The van der Waals surface area contributed by atoms with E-state index in [2.05, 4.69) is 55.1 Å². The van der Waals surface area contributed by atoms with Gasteiger partial charge in [-0.2, -0.15) is 0 Å². The van der Waals surface area contributed by atoms with Crippen molar-refractivity contribution in [1.29, 1.82) is 0 Å². The number of nitrogens with zero attached hydrogens (tertiary/aromatic N) is 1. The lowest BCUT2D eigenvalue weighted by atomic mass is 9.93. The predicted molar refractivity (Wildman–Crippen MR) is 121 cm³/mol. The lowest BCUT2D eigenvalue weighted by Crippen LogP contribution is -2.34. The number of hydrogen-bond donors (Lipinski definition) is 2. The fourth-order valence-electron chi connectivity index (χ4n) is 3.34. The standard InChI is InChI=1S/C23H27NO2.C2H2O4/c1-3-24-15-13-21(20-7-5-4-6-8-20)22(17-24)23(25)26-16-14-19-11-9-18(2)10-12-19;3-1(4)2(5)6/h4-12H,3,13-17H2,1-2H3;(H,3,4)(H,5,6). The molecule has 0 unspecified atom stereocenters. The molecule has 0 amide bonds. The van der Waals surface area contributed by atoms with Crippen LogP contribution in [-0.2, 0) is 25.5 Å². The maximum atomic E-state index is 12.8. The Kier molecular flexibility index (Phi) is 9.63. The quantitative estimate of drug-likeness (QED) is 0.525. The second kappa shape index (κ2) is 12.4. The van der Waals surface area contributed by atoms with Crippen molar-refractivity contribution in [3.8, 4) is 0 Å². The molecule has 7 nitrogen and oxygen atoms in total. The van der Waals surface area contributed by atoms with Gasteiger partial charge >= 0.3 is 17.9 Å². The van der Waals surface area contributed by atoms with Gasteiger partial charge < -0.3 is 14.9 Å². The fourth-order valence-corrected chi connectivity index (χ4v) is 3.34. The van der Waals surface area contributed by atoms with E-state index in [0.717, 1.165) is 42.6 Å². The maximum absolute atomic E-state index is 12.8. The number of likely N-dealkylation sites (N-methyl/N-ethyl adjacent to an activating group) is 1. The molecule has 0 radical (unpaired) electrons. The van der Waals surface area contributed by atoms with E-state index in [-0.39, 0.29) is 5.97 Å². The average molecular weight is 440 g/mol. The van der Waals surface area contributed by atoms with Crippen LogP contribution in [0.1, 0.15) is 30.0 Å². The fraction of sp³-hybridized carbons (Fsp3) is 0.320. The van der Waals surface area contributed by atoms with Crippen LogP contribution in [-0.4, -0.2) is 59.3 Å². The minimum absolute atomic E-state index is 0.172. The van der Waals surface area contributed by atoms with Gasteiger partial charge in [0, 0.05) is 19.5 Å². The summed E-state index contributed by atoms with van der Waals surface area (Å²) in [6.07, 6.45) is 1.64. The molecule has 3 rings (SSSR count). The van der Waals surface area contributed by atoms with E-state index in [0.29, 0.717) is 13.2 Å². The summed E-state index contributed by atoms with van der Waals surface area (Å²) in [7, 11) is 0. The SMILES string of the molecule is CCN1CCC(c2ccccc2)=C(C(=O)OCCc2ccc(C)cc2)C1.O=C(O)C(=O)O. The minimum Gasteiger partial charge on any atom is -0.473 e. The summed E-state index contributed by atoms with van der Waals surface area (Å²) < 4.78 is 5.64. The Balaban J connectivity index is 0.000000534. The van der Waals surface area contributed by atoms with Gasteiger partial charge in [-0.05, 0) is 36.6 Å². The zero-order chi connectivity index (χ0) is 23.5. The van der Waals surface area contributed by atoms with Crippen LogP contribution >= 0.6 is 0 Å². The van der Waals surface area contributed by atoms with Crippen LogP contribution in [0, 0.1) is 6.92 Å². The van der Waals surface area contributed by atoms with Crippen molar-refractivity contribution in [2.75, 3.05) is 26.2 Å². The molecular formula is C25H29NO6. The molecule has 2 aromatic rings. The average Bonchev–Trinajstić information content (AvgIpc) is 2.80. The van der Waals surface area contributed by atoms with Crippen molar-refractivity contribution in [2.45, 2.75) is 26.7 Å². The van der Waals surface area contributed by atoms with Crippen molar-refractivity contribution in [2.24, 2.45) is 0 Å². The Bertz CT molecular complexity index is 938. The highest BCUT2D eigenvalue weighted by molar-refractivity contribution is 6.27. The summed E-state index contributed by atoms with van der Waals surface area (Å²) in [6, 6.07) is 18.6. The predicted octanol–water partition coefficient (Wildman–Crippen LogP) is 3.42. The van der Waals surface area contributed by atoms with Crippen LogP contribution in [0.5, 0.6) is 0 Å². The number of aryl methyl sites for hydroxylation is 1. The Morgan fingerprint density at radius 2 is 1.59 bits per heavy atom. The van der Waals surface area contributed by atoms with Gasteiger partial charge in [0.2, 0.25) is 0 Å². The number of carboxylic acid groups (broad SMARTS) is 2. The normalized spacial score (nSPS) is 13.7. The van der Waals surface area contributed by atoms with Gasteiger partial charge in [-0.1, -0.05) is 67.1 Å². The lowest BCUT2D eigenvalue weighted by molar-refractivity contribution is -0.159. The zero-order valence-electron chi connectivity index (χ0n) is 18.4. The molecule has 2 aromatic carbocycles. The second-order valence-corrected chi connectivity index (χ2v) is 7.42. The molecular weight excluding hydrogens is 410 g/mol. The van der Waals surface area contributed by atoms with E-state index >= 15 is 0 Å². The minimum atomic E-state index is -1.82. The number of aliphatic carboxylic acids is 2. The Morgan fingerprint density at radius 1 is 0.969 bits per heavy atom. The third-order valence-corrected chi connectivity index (χ3v) is 5.17. The van der Waals surface area contributed by atoms with E-state index in [9.17, 15) is 4.79 Å². The van der Waals surface area contributed by atoms with Gasteiger partial charge in [-0.3, -0.25) is 4.90 Å². The third-order valence-electron chi connectivity index (χ3n) is 5.17. The molecule has 0 spiro atoms. The third kappa shape index (κ3) is 7.67.